The number of carbonyl (C=O) groups excluding carboxylic acids is 1. The summed E-state index contributed by atoms with van der Waals surface area (Å²) in [6, 6.07) is 4.95. The zero-order valence-corrected chi connectivity index (χ0v) is 11.4. The van der Waals surface area contributed by atoms with Crippen molar-refractivity contribution in [3.8, 4) is 0 Å². The van der Waals surface area contributed by atoms with Gasteiger partial charge in [0.15, 0.2) is 0 Å². The van der Waals surface area contributed by atoms with Gasteiger partial charge < -0.3 is 15.8 Å². The molecule has 1 rings (SSSR count). The monoisotopic (exact) mass is 270 g/mol. The van der Waals surface area contributed by atoms with Crippen LogP contribution in [0.25, 0.3) is 0 Å². The van der Waals surface area contributed by atoms with Crippen molar-refractivity contribution in [3.63, 3.8) is 0 Å². The Hall–Kier alpha value is -1.56. The number of nitrogens with one attached hydrogen (secondary N) is 1. The van der Waals surface area contributed by atoms with Gasteiger partial charge in [-0.1, -0.05) is 0 Å². The molecule has 0 saturated carbocycles. The van der Waals surface area contributed by atoms with Crippen molar-refractivity contribution in [1.82, 2.24) is 0 Å². The molecule has 0 fully saturated rings. The minimum absolute atomic E-state index is 0.334. The highest BCUT2D eigenvalue weighted by Crippen LogP contribution is 2.20. The van der Waals surface area contributed by atoms with Crippen LogP contribution in [0.5, 0.6) is 0 Å². The van der Waals surface area contributed by atoms with Crippen molar-refractivity contribution in [2.75, 3.05) is 36.2 Å². The van der Waals surface area contributed by atoms with Gasteiger partial charge in [0.1, 0.15) is 0 Å². The number of anilines is 2. The molecule has 1 atom stereocenters. The first-order chi connectivity index (χ1) is 8.54. The Kier molecular flexibility index (Phi) is 5.64. The van der Waals surface area contributed by atoms with Crippen molar-refractivity contribution in [1.29, 1.82) is 0 Å². The van der Waals surface area contributed by atoms with E-state index in [4.69, 9.17) is 10.5 Å². The van der Waals surface area contributed by atoms with Crippen molar-refractivity contribution >= 4 is 28.1 Å². The quantitative estimate of drug-likeness (QED) is 0.600. The van der Waals surface area contributed by atoms with Gasteiger partial charge in [0.05, 0.1) is 23.5 Å². The summed E-state index contributed by atoms with van der Waals surface area (Å²) in [5.74, 6) is 0.171. The number of hydrogen-bond donors (Lipinski definition) is 2. The highest BCUT2D eigenvalue weighted by Gasteiger charge is 2.08. The van der Waals surface area contributed by atoms with E-state index in [0.717, 1.165) is 5.69 Å². The molecular weight excluding hydrogens is 252 g/mol. The van der Waals surface area contributed by atoms with Gasteiger partial charge in [0, 0.05) is 29.4 Å². The number of esters is 1. The molecule has 1 unspecified atom stereocenters. The first-order valence-corrected chi connectivity index (χ1v) is 7.38. The number of benzene rings is 1. The number of nitrogen functional groups attached to an aromatic ring is 1. The predicted octanol–water partition coefficient (Wildman–Crippen LogP) is 1.24. The Balaban J connectivity index is 2.67. The minimum Gasteiger partial charge on any atom is -0.462 e. The van der Waals surface area contributed by atoms with Gasteiger partial charge >= 0.3 is 5.97 Å². The molecule has 0 saturated heterocycles. The lowest BCUT2D eigenvalue weighted by Crippen LogP contribution is -2.12. The van der Waals surface area contributed by atoms with Crippen LogP contribution in [0.1, 0.15) is 17.3 Å². The number of ether oxygens (including phenoxy) is 1. The third-order valence-electron chi connectivity index (χ3n) is 2.27. The molecule has 0 heterocycles. The molecule has 6 heteroatoms. The largest absolute Gasteiger partial charge is 0.462 e. The molecule has 0 aliphatic carbocycles. The first-order valence-electron chi connectivity index (χ1n) is 5.65. The van der Waals surface area contributed by atoms with Gasteiger partial charge in [0.2, 0.25) is 0 Å². The van der Waals surface area contributed by atoms with Gasteiger partial charge in [-0.2, -0.15) is 0 Å². The van der Waals surface area contributed by atoms with Crippen LogP contribution in [0.15, 0.2) is 18.2 Å². The van der Waals surface area contributed by atoms with E-state index in [1.807, 2.05) is 0 Å². The van der Waals surface area contributed by atoms with Crippen molar-refractivity contribution in [2.45, 2.75) is 6.92 Å². The minimum atomic E-state index is -0.838. The molecule has 5 nitrogen and oxygen atoms in total. The molecule has 0 aliphatic heterocycles. The maximum absolute atomic E-state index is 11.5. The molecule has 0 aliphatic rings. The van der Waals surface area contributed by atoms with Gasteiger partial charge in [-0.15, -0.1) is 0 Å². The van der Waals surface area contributed by atoms with E-state index >= 15 is 0 Å². The van der Waals surface area contributed by atoms with Crippen LogP contribution in [0, 0.1) is 0 Å². The molecular formula is C12H18N2O3S. The van der Waals surface area contributed by atoms with Crippen LogP contribution < -0.4 is 11.1 Å². The summed E-state index contributed by atoms with van der Waals surface area (Å²) >= 11 is 0. The summed E-state index contributed by atoms with van der Waals surface area (Å²) in [5, 5.41) is 3.07. The summed E-state index contributed by atoms with van der Waals surface area (Å²) < 4.78 is 15.8. The molecule has 18 heavy (non-hydrogen) atoms. The van der Waals surface area contributed by atoms with Crippen molar-refractivity contribution in [2.24, 2.45) is 0 Å². The summed E-state index contributed by atoms with van der Waals surface area (Å²) in [7, 11) is -0.838. The van der Waals surface area contributed by atoms with E-state index in [1.54, 1.807) is 31.4 Å². The molecule has 3 N–H and O–H groups in total. The molecule has 0 amide bonds. The maximum atomic E-state index is 11.5. The number of carbonyl (C=O) groups is 1. The summed E-state index contributed by atoms with van der Waals surface area (Å²) in [5.41, 5.74) is 7.46. The average Bonchev–Trinajstić information content (AvgIpc) is 2.31. The topological polar surface area (TPSA) is 81.4 Å². The standard InChI is InChI=1S/C12H18N2O3S/c1-3-17-12(15)9-4-5-11(10(13)8-9)14-6-7-18(2)16/h4-5,8,14H,3,6-7,13H2,1-2H3. The zero-order chi connectivity index (χ0) is 13.5. The summed E-state index contributed by atoms with van der Waals surface area (Å²) in [6.07, 6.45) is 1.65. The maximum Gasteiger partial charge on any atom is 0.338 e. The van der Waals surface area contributed by atoms with Crippen LogP contribution in [-0.4, -0.2) is 35.3 Å². The third kappa shape index (κ3) is 4.37. The lowest BCUT2D eigenvalue weighted by molar-refractivity contribution is 0.0526. The Morgan fingerprint density at radius 2 is 2.22 bits per heavy atom. The van der Waals surface area contributed by atoms with Gasteiger partial charge in [0.25, 0.3) is 0 Å². The van der Waals surface area contributed by atoms with Gasteiger partial charge in [-0.25, -0.2) is 4.79 Å². The van der Waals surface area contributed by atoms with E-state index in [2.05, 4.69) is 5.32 Å². The second-order valence-electron chi connectivity index (χ2n) is 3.73. The Bertz CT molecular complexity index is 449. The second-order valence-corrected chi connectivity index (χ2v) is 5.28. The summed E-state index contributed by atoms with van der Waals surface area (Å²) in [6.45, 7) is 2.66. The molecule has 0 spiro atoms. The fourth-order valence-electron chi connectivity index (χ4n) is 1.39. The lowest BCUT2D eigenvalue weighted by Gasteiger charge is -2.10. The number of rotatable bonds is 6. The van der Waals surface area contributed by atoms with Crippen molar-refractivity contribution in [3.05, 3.63) is 23.8 Å². The SMILES string of the molecule is CCOC(=O)c1ccc(NCCS(C)=O)c(N)c1. The highest BCUT2D eigenvalue weighted by atomic mass is 32.2. The van der Waals surface area contributed by atoms with Crippen LogP contribution in [0.3, 0.4) is 0 Å². The predicted molar refractivity (Wildman–Crippen MR) is 74.2 cm³/mol. The lowest BCUT2D eigenvalue weighted by atomic mass is 10.1. The fraction of sp³-hybridized carbons (Fsp3) is 0.417. The first kappa shape index (κ1) is 14.5. The van der Waals surface area contributed by atoms with E-state index < -0.39 is 10.8 Å². The average molecular weight is 270 g/mol. The van der Waals surface area contributed by atoms with Crippen LogP contribution in [0.2, 0.25) is 0 Å². The van der Waals surface area contributed by atoms with E-state index in [0.29, 0.717) is 30.2 Å². The van der Waals surface area contributed by atoms with Gasteiger partial charge in [-0.3, -0.25) is 4.21 Å². The molecule has 1 aromatic rings. The number of nitrogens with two attached hydrogens (primary N) is 1. The third-order valence-corrected chi connectivity index (χ3v) is 3.05. The van der Waals surface area contributed by atoms with E-state index in [1.165, 1.54) is 0 Å². The molecule has 0 bridgehead atoms. The normalized spacial score (nSPS) is 11.9. The Morgan fingerprint density at radius 3 is 2.78 bits per heavy atom. The summed E-state index contributed by atoms with van der Waals surface area (Å²) in [4.78, 5) is 11.5. The molecule has 100 valence electrons. The molecule has 1 aromatic carbocycles. The van der Waals surface area contributed by atoms with Gasteiger partial charge in [-0.05, 0) is 25.1 Å². The molecule has 0 aromatic heterocycles. The fourth-order valence-corrected chi connectivity index (χ4v) is 1.78. The Labute approximate surface area is 109 Å². The zero-order valence-electron chi connectivity index (χ0n) is 10.6. The number of hydrogen-bond acceptors (Lipinski definition) is 5. The van der Waals surface area contributed by atoms with E-state index in [-0.39, 0.29) is 5.97 Å². The van der Waals surface area contributed by atoms with E-state index in [9.17, 15) is 9.00 Å². The smallest absolute Gasteiger partial charge is 0.338 e. The van der Waals surface area contributed by atoms with Crippen LogP contribution >= 0.6 is 0 Å². The Morgan fingerprint density at radius 1 is 1.50 bits per heavy atom. The molecule has 0 radical (unpaired) electrons. The second kappa shape index (κ2) is 7.00. The van der Waals surface area contributed by atoms with Crippen molar-refractivity contribution < 1.29 is 13.7 Å². The van der Waals surface area contributed by atoms with Crippen LogP contribution in [0.4, 0.5) is 11.4 Å². The highest BCUT2D eigenvalue weighted by molar-refractivity contribution is 7.84. The van der Waals surface area contributed by atoms with Crippen LogP contribution in [-0.2, 0) is 15.5 Å².